The summed E-state index contributed by atoms with van der Waals surface area (Å²) in [7, 11) is 0. The first-order valence-electron chi connectivity index (χ1n) is 9.01. The number of rotatable bonds is 6. The lowest BCUT2D eigenvalue weighted by molar-refractivity contribution is 0.237. The van der Waals surface area contributed by atoms with Crippen LogP contribution in [0.25, 0.3) is 0 Å². The number of hydrogen-bond donors (Lipinski definition) is 2. The molecule has 140 valence electrons. The van der Waals surface area contributed by atoms with Gasteiger partial charge in [-0.2, -0.15) is 5.10 Å². The molecule has 1 aromatic carbocycles. The molecule has 1 aromatic heterocycles. The Hall–Kier alpha value is -2.28. The highest BCUT2D eigenvalue weighted by Crippen LogP contribution is 2.21. The van der Waals surface area contributed by atoms with E-state index >= 15 is 0 Å². The van der Waals surface area contributed by atoms with Crippen molar-refractivity contribution in [2.45, 2.75) is 51.7 Å². The van der Waals surface area contributed by atoms with Crippen LogP contribution >= 0.6 is 11.6 Å². The third-order valence-corrected chi connectivity index (χ3v) is 4.93. The van der Waals surface area contributed by atoms with Gasteiger partial charge in [-0.15, -0.1) is 0 Å². The van der Waals surface area contributed by atoms with E-state index in [1.165, 1.54) is 4.68 Å². The maximum atomic E-state index is 12.2. The van der Waals surface area contributed by atoms with Gasteiger partial charge in [-0.1, -0.05) is 29.8 Å². The SMILES string of the molecule is C[C@H](NC(=O)NCCCn1nc2n(c1=O)CCCC2)c1ccccc1Cl. The summed E-state index contributed by atoms with van der Waals surface area (Å²) in [5, 5.41) is 10.7. The van der Waals surface area contributed by atoms with Crippen molar-refractivity contribution in [1.29, 1.82) is 0 Å². The normalized spacial score (nSPS) is 14.5. The van der Waals surface area contributed by atoms with Crippen LogP contribution < -0.4 is 16.3 Å². The third-order valence-electron chi connectivity index (χ3n) is 4.58. The fourth-order valence-corrected chi connectivity index (χ4v) is 3.48. The lowest BCUT2D eigenvalue weighted by Gasteiger charge is -2.16. The zero-order chi connectivity index (χ0) is 18.5. The minimum Gasteiger partial charge on any atom is -0.338 e. The Morgan fingerprint density at radius 2 is 2.15 bits per heavy atom. The van der Waals surface area contributed by atoms with E-state index in [9.17, 15) is 9.59 Å². The Morgan fingerprint density at radius 3 is 2.92 bits per heavy atom. The molecule has 0 radical (unpaired) electrons. The average molecular weight is 378 g/mol. The number of urea groups is 1. The zero-order valence-electron chi connectivity index (χ0n) is 14.9. The lowest BCUT2D eigenvalue weighted by Crippen LogP contribution is -2.38. The molecule has 0 aliphatic carbocycles. The topological polar surface area (TPSA) is 81.0 Å². The molecular formula is C18H24ClN5O2. The summed E-state index contributed by atoms with van der Waals surface area (Å²) in [5.74, 6) is 0.875. The van der Waals surface area contributed by atoms with Crippen LogP contribution in [0.2, 0.25) is 5.02 Å². The van der Waals surface area contributed by atoms with Crippen molar-refractivity contribution >= 4 is 17.6 Å². The summed E-state index contributed by atoms with van der Waals surface area (Å²) in [6.07, 6.45) is 3.62. The quantitative estimate of drug-likeness (QED) is 0.759. The summed E-state index contributed by atoms with van der Waals surface area (Å²) in [5.41, 5.74) is 0.830. The highest BCUT2D eigenvalue weighted by Gasteiger charge is 2.16. The number of hydrogen-bond acceptors (Lipinski definition) is 3. The second-order valence-corrected chi connectivity index (χ2v) is 6.93. The van der Waals surface area contributed by atoms with E-state index in [0.29, 0.717) is 24.5 Å². The monoisotopic (exact) mass is 377 g/mol. The van der Waals surface area contributed by atoms with Gasteiger partial charge in [0, 0.05) is 31.1 Å². The van der Waals surface area contributed by atoms with E-state index in [1.54, 1.807) is 10.6 Å². The Balaban J connectivity index is 1.44. The fourth-order valence-electron chi connectivity index (χ4n) is 3.18. The van der Waals surface area contributed by atoms with Gasteiger partial charge in [0.05, 0.1) is 6.04 Å². The molecule has 8 heteroatoms. The maximum Gasteiger partial charge on any atom is 0.345 e. The Labute approximate surface area is 157 Å². The first kappa shape index (κ1) is 18.5. The molecule has 1 atom stereocenters. The molecule has 0 bridgehead atoms. The van der Waals surface area contributed by atoms with Crippen LogP contribution in [0.4, 0.5) is 4.79 Å². The number of halogens is 1. The molecule has 1 aliphatic heterocycles. The van der Waals surface area contributed by atoms with Crippen molar-refractivity contribution in [3.8, 4) is 0 Å². The average Bonchev–Trinajstić information content (AvgIpc) is 2.95. The third kappa shape index (κ3) is 4.27. The van der Waals surface area contributed by atoms with Crippen LogP contribution in [0.3, 0.4) is 0 Å². The van der Waals surface area contributed by atoms with Gasteiger partial charge < -0.3 is 10.6 Å². The van der Waals surface area contributed by atoms with Crippen molar-refractivity contribution in [2.24, 2.45) is 0 Å². The minimum atomic E-state index is -0.256. The molecule has 1 aliphatic rings. The predicted molar refractivity (Wildman–Crippen MR) is 100 cm³/mol. The molecular weight excluding hydrogens is 354 g/mol. The Kier molecular flexibility index (Phi) is 5.98. The fraction of sp³-hybridized carbons (Fsp3) is 0.500. The number of aryl methyl sites for hydroxylation is 2. The maximum absolute atomic E-state index is 12.2. The summed E-state index contributed by atoms with van der Waals surface area (Å²) in [6, 6.07) is 6.99. The molecule has 2 aromatic rings. The second kappa shape index (κ2) is 8.40. The second-order valence-electron chi connectivity index (χ2n) is 6.53. The Morgan fingerprint density at radius 1 is 1.35 bits per heavy atom. The summed E-state index contributed by atoms with van der Waals surface area (Å²) in [6.45, 7) is 3.61. The van der Waals surface area contributed by atoms with Crippen LogP contribution in [-0.2, 0) is 19.5 Å². The standard InChI is InChI=1S/C18H24ClN5O2/c1-13(14-7-2-3-8-15(14)19)21-17(25)20-10-6-12-24-18(26)23-11-5-4-9-16(23)22-24/h2-3,7-8,13H,4-6,9-12H2,1H3,(H2,20,21,25)/t13-/m0/s1. The number of fused-ring (bicyclic) bond motifs is 1. The van der Waals surface area contributed by atoms with E-state index in [1.807, 2.05) is 25.1 Å². The Bertz CT molecular complexity index is 829. The van der Waals surface area contributed by atoms with Gasteiger partial charge in [-0.05, 0) is 37.8 Å². The van der Waals surface area contributed by atoms with Crippen LogP contribution in [-0.4, -0.2) is 26.9 Å². The van der Waals surface area contributed by atoms with Gasteiger partial charge in [0.15, 0.2) is 0 Å². The predicted octanol–water partition coefficient (Wildman–Crippen LogP) is 2.49. The molecule has 0 spiro atoms. The van der Waals surface area contributed by atoms with Gasteiger partial charge in [0.1, 0.15) is 5.82 Å². The first-order valence-corrected chi connectivity index (χ1v) is 9.39. The number of carbonyl (C=O) groups is 1. The number of nitrogens with zero attached hydrogens (tertiary/aromatic N) is 3. The minimum absolute atomic E-state index is 0.0449. The molecule has 7 nitrogen and oxygen atoms in total. The molecule has 2 heterocycles. The van der Waals surface area contributed by atoms with Gasteiger partial charge in [0.2, 0.25) is 0 Å². The molecule has 0 fully saturated rings. The van der Waals surface area contributed by atoms with Gasteiger partial charge >= 0.3 is 11.7 Å². The molecule has 0 unspecified atom stereocenters. The largest absolute Gasteiger partial charge is 0.345 e. The van der Waals surface area contributed by atoms with Crippen molar-refractivity contribution in [3.63, 3.8) is 0 Å². The van der Waals surface area contributed by atoms with Crippen LogP contribution in [0.5, 0.6) is 0 Å². The summed E-state index contributed by atoms with van der Waals surface area (Å²) in [4.78, 5) is 24.2. The number of aromatic nitrogens is 3. The lowest BCUT2D eigenvalue weighted by atomic mass is 10.1. The summed E-state index contributed by atoms with van der Waals surface area (Å²) < 4.78 is 3.27. The van der Waals surface area contributed by atoms with Crippen molar-refractivity contribution in [3.05, 3.63) is 51.2 Å². The van der Waals surface area contributed by atoms with E-state index < -0.39 is 0 Å². The summed E-state index contributed by atoms with van der Waals surface area (Å²) >= 11 is 6.14. The molecule has 0 saturated carbocycles. The molecule has 26 heavy (non-hydrogen) atoms. The number of nitrogens with one attached hydrogen (secondary N) is 2. The smallest absolute Gasteiger partial charge is 0.338 e. The van der Waals surface area contributed by atoms with Crippen LogP contribution in [0, 0.1) is 0 Å². The molecule has 2 amide bonds. The van der Waals surface area contributed by atoms with Crippen LogP contribution in [0.15, 0.2) is 29.1 Å². The molecule has 2 N–H and O–H groups in total. The first-order chi connectivity index (χ1) is 12.6. The van der Waals surface area contributed by atoms with Gasteiger partial charge in [-0.3, -0.25) is 4.57 Å². The number of benzene rings is 1. The van der Waals surface area contributed by atoms with E-state index in [2.05, 4.69) is 15.7 Å². The zero-order valence-corrected chi connectivity index (χ0v) is 15.6. The van der Waals surface area contributed by atoms with Crippen LogP contribution in [0.1, 0.15) is 43.6 Å². The van der Waals surface area contributed by atoms with E-state index in [-0.39, 0.29) is 17.8 Å². The van der Waals surface area contributed by atoms with E-state index in [0.717, 1.165) is 37.2 Å². The highest BCUT2D eigenvalue weighted by molar-refractivity contribution is 6.31. The highest BCUT2D eigenvalue weighted by atomic mass is 35.5. The number of carbonyl (C=O) groups excluding carboxylic acids is 1. The van der Waals surface area contributed by atoms with Gasteiger partial charge in [0.25, 0.3) is 0 Å². The number of amides is 2. The van der Waals surface area contributed by atoms with Crippen molar-refractivity contribution < 1.29 is 4.79 Å². The van der Waals surface area contributed by atoms with E-state index in [4.69, 9.17) is 11.6 Å². The van der Waals surface area contributed by atoms with Gasteiger partial charge in [-0.25, -0.2) is 14.3 Å². The molecule has 3 rings (SSSR count). The van der Waals surface area contributed by atoms with Crippen molar-refractivity contribution in [1.82, 2.24) is 25.0 Å². The molecule has 0 saturated heterocycles. The van der Waals surface area contributed by atoms with Crippen molar-refractivity contribution in [2.75, 3.05) is 6.54 Å².